The molecule has 0 N–H and O–H groups in total. The maximum Gasteiger partial charge on any atom is 0.242 e. The molecule has 1 aromatic carbocycles. The number of carbonyl (C=O) groups excluding carboxylic acids is 1. The minimum Gasteiger partial charge on any atom is -0.497 e. The minimum atomic E-state index is 0.166. The van der Waals surface area contributed by atoms with Gasteiger partial charge in [-0.25, -0.2) is 0 Å². The molecule has 3 heterocycles. The molecule has 0 saturated carbocycles. The molecule has 4 rings (SSSR count). The molecule has 1 aliphatic rings. The number of likely N-dealkylation sites (tertiary alicyclic amines) is 1. The number of pyridine rings is 1. The van der Waals surface area contributed by atoms with Crippen molar-refractivity contribution in [1.82, 2.24) is 14.5 Å². The minimum absolute atomic E-state index is 0.166. The number of fused-ring (bicyclic) bond motifs is 1. The van der Waals surface area contributed by atoms with Gasteiger partial charge in [0.15, 0.2) is 0 Å². The van der Waals surface area contributed by atoms with E-state index in [4.69, 9.17) is 4.74 Å². The first-order valence-corrected chi connectivity index (χ1v) is 8.55. The molecule has 1 fully saturated rings. The van der Waals surface area contributed by atoms with Crippen LogP contribution in [0.5, 0.6) is 5.75 Å². The summed E-state index contributed by atoms with van der Waals surface area (Å²) < 4.78 is 7.27. The van der Waals surface area contributed by atoms with Crippen LogP contribution in [0.2, 0.25) is 0 Å². The van der Waals surface area contributed by atoms with E-state index >= 15 is 0 Å². The average Bonchev–Trinajstić information content (AvgIpc) is 3.30. The summed E-state index contributed by atoms with van der Waals surface area (Å²) in [6.07, 6.45) is 6.66. The van der Waals surface area contributed by atoms with E-state index in [1.807, 2.05) is 52.2 Å². The molecule has 128 valence electrons. The number of benzene rings is 1. The highest BCUT2D eigenvalue weighted by molar-refractivity contribution is 5.84. The van der Waals surface area contributed by atoms with Gasteiger partial charge < -0.3 is 14.2 Å². The number of nitrogens with zero attached hydrogens (tertiary/aromatic N) is 3. The van der Waals surface area contributed by atoms with Crippen LogP contribution in [0.4, 0.5) is 0 Å². The molecule has 1 amide bonds. The molecule has 25 heavy (non-hydrogen) atoms. The summed E-state index contributed by atoms with van der Waals surface area (Å²) in [6.45, 7) is 1.96. The average molecular weight is 335 g/mol. The summed E-state index contributed by atoms with van der Waals surface area (Å²) in [5, 5.41) is 1.09. The van der Waals surface area contributed by atoms with Crippen molar-refractivity contribution in [2.24, 2.45) is 0 Å². The van der Waals surface area contributed by atoms with Crippen molar-refractivity contribution < 1.29 is 9.53 Å². The van der Waals surface area contributed by atoms with E-state index in [1.165, 1.54) is 5.56 Å². The van der Waals surface area contributed by atoms with Gasteiger partial charge in [-0.2, -0.15) is 0 Å². The zero-order valence-corrected chi connectivity index (χ0v) is 14.3. The van der Waals surface area contributed by atoms with Crippen LogP contribution in [0.15, 0.2) is 55.0 Å². The molecule has 1 saturated heterocycles. The number of amides is 1. The first kappa shape index (κ1) is 15.7. The van der Waals surface area contributed by atoms with Crippen LogP contribution in [0.1, 0.15) is 17.9 Å². The summed E-state index contributed by atoms with van der Waals surface area (Å²) in [5.74, 6) is 1.39. The van der Waals surface area contributed by atoms with Crippen LogP contribution < -0.4 is 4.74 Å². The first-order chi connectivity index (χ1) is 12.2. The second-order valence-electron chi connectivity index (χ2n) is 6.48. The Morgan fingerprint density at radius 2 is 2.24 bits per heavy atom. The molecule has 0 radical (unpaired) electrons. The summed E-state index contributed by atoms with van der Waals surface area (Å²) in [6, 6.07) is 12.0. The predicted molar refractivity (Wildman–Crippen MR) is 96.7 cm³/mol. The summed E-state index contributed by atoms with van der Waals surface area (Å²) in [5.41, 5.74) is 2.27. The monoisotopic (exact) mass is 335 g/mol. The SMILES string of the molecule is COc1ccc2c(ccn2CC(=O)N2CCC(c3cccnc3)C2)c1. The highest BCUT2D eigenvalue weighted by Gasteiger charge is 2.27. The Hall–Kier alpha value is -2.82. The van der Waals surface area contributed by atoms with E-state index < -0.39 is 0 Å². The fourth-order valence-corrected chi connectivity index (χ4v) is 3.57. The summed E-state index contributed by atoms with van der Waals surface area (Å²) in [7, 11) is 1.66. The maximum absolute atomic E-state index is 12.7. The Bertz CT molecular complexity index is 888. The molecule has 0 aliphatic carbocycles. The van der Waals surface area contributed by atoms with Gasteiger partial charge in [-0.3, -0.25) is 9.78 Å². The van der Waals surface area contributed by atoms with Crippen LogP contribution in [0.25, 0.3) is 10.9 Å². The summed E-state index contributed by atoms with van der Waals surface area (Å²) in [4.78, 5) is 18.9. The molecule has 1 unspecified atom stereocenters. The van der Waals surface area contributed by atoms with Crippen molar-refractivity contribution in [2.45, 2.75) is 18.9 Å². The molecule has 0 bridgehead atoms. The van der Waals surface area contributed by atoms with E-state index in [0.29, 0.717) is 12.5 Å². The molecule has 1 aliphatic heterocycles. The largest absolute Gasteiger partial charge is 0.497 e. The topological polar surface area (TPSA) is 47.4 Å². The quantitative estimate of drug-likeness (QED) is 0.736. The van der Waals surface area contributed by atoms with Gasteiger partial charge in [0.25, 0.3) is 0 Å². The van der Waals surface area contributed by atoms with Gasteiger partial charge in [0.1, 0.15) is 12.3 Å². The highest BCUT2D eigenvalue weighted by atomic mass is 16.5. The Morgan fingerprint density at radius 1 is 1.32 bits per heavy atom. The van der Waals surface area contributed by atoms with Crippen molar-refractivity contribution in [2.75, 3.05) is 20.2 Å². The molecule has 3 aromatic rings. The number of methoxy groups -OCH3 is 1. The van der Waals surface area contributed by atoms with Gasteiger partial charge in [0.2, 0.25) is 5.91 Å². The Kier molecular flexibility index (Phi) is 4.14. The molecule has 2 aromatic heterocycles. The third kappa shape index (κ3) is 3.09. The molecular weight excluding hydrogens is 314 g/mol. The molecule has 1 atom stereocenters. The number of hydrogen-bond acceptors (Lipinski definition) is 3. The molecule has 5 nitrogen and oxygen atoms in total. The lowest BCUT2D eigenvalue weighted by Crippen LogP contribution is -2.31. The Morgan fingerprint density at radius 3 is 3.04 bits per heavy atom. The lowest BCUT2D eigenvalue weighted by atomic mass is 10.0. The number of rotatable bonds is 4. The molecule has 5 heteroatoms. The van der Waals surface area contributed by atoms with Crippen molar-refractivity contribution in [3.8, 4) is 5.75 Å². The Balaban J connectivity index is 1.46. The van der Waals surface area contributed by atoms with Gasteiger partial charge >= 0.3 is 0 Å². The standard InChI is InChI=1S/C20H21N3O2/c1-25-18-4-5-19-15(11-18)6-9-22(19)14-20(24)23-10-7-17(13-23)16-3-2-8-21-12-16/h2-6,8-9,11-12,17H,7,10,13-14H2,1H3. The van der Waals surface area contributed by atoms with Gasteiger partial charge in [-0.15, -0.1) is 0 Å². The van der Waals surface area contributed by atoms with Crippen molar-refractivity contribution in [1.29, 1.82) is 0 Å². The van der Waals surface area contributed by atoms with Crippen molar-refractivity contribution in [3.05, 3.63) is 60.6 Å². The fraction of sp³-hybridized carbons (Fsp3) is 0.300. The van der Waals surface area contributed by atoms with Crippen molar-refractivity contribution >= 4 is 16.8 Å². The second-order valence-corrected chi connectivity index (χ2v) is 6.48. The van der Waals surface area contributed by atoms with Crippen LogP contribution >= 0.6 is 0 Å². The van der Waals surface area contributed by atoms with E-state index in [1.54, 1.807) is 13.3 Å². The molecule has 0 spiro atoms. The number of ether oxygens (including phenoxy) is 1. The smallest absolute Gasteiger partial charge is 0.242 e. The number of carbonyl (C=O) groups is 1. The third-order valence-electron chi connectivity index (χ3n) is 4.98. The van der Waals surface area contributed by atoms with Gasteiger partial charge in [0.05, 0.1) is 7.11 Å². The Labute approximate surface area is 146 Å². The normalized spacial score (nSPS) is 17.2. The van der Waals surface area contributed by atoms with E-state index in [2.05, 4.69) is 11.1 Å². The van der Waals surface area contributed by atoms with Crippen molar-refractivity contribution in [3.63, 3.8) is 0 Å². The fourth-order valence-electron chi connectivity index (χ4n) is 3.57. The lowest BCUT2D eigenvalue weighted by Gasteiger charge is -2.17. The number of hydrogen-bond donors (Lipinski definition) is 0. The van der Waals surface area contributed by atoms with Crippen LogP contribution in [0.3, 0.4) is 0 Å². The maximum atomic E-state index is 12.7. The van der Waals surface area contributed by atoms with E-state index in [-0.39, 0.29) is 5.91 Å². The molecular formula is C20H21N3O2. The highest BCUT2D eigenvalue weighted by Crippen LogP contribution is 2.27. The van der Waals surface area contributed by atoms with Crippen LogP contribution in [-0.2, 0) is 11.3 Å². The van der Waals surface area contributed by atoms with E-state index in [0.717, 1.165) is 36.2 Å². The van der Waals surface area contributed by atoms with E-state index in [9.17, 15) is 4.79 Å². The van der Waals surface area contributed by atoms with Gasteiger partial charge in [0, 0.05) is 48.5 Å². The van der Waals surface area contributed by atoms with Crippen LogP contribution in [-0.4, -0.2) is 40.6 Å². The van der Waals surface area contributed by atoms with Gasteiger partial charge in [-0.1, -0.05) is 6.07 Å². The second kappa shape index (κ2) is 6.59. The first-order valence-electron chi connectivity index (χ1n) is 8.55. The third-order valence-corrected chi connectivity index (χ3v) is 4.98. The zero-order chi connectivity index (χ0) is 17.2. The van der Waals surface area contributed by atoms with Gasteiger partial charge in [-0.05, 0) is 42.3 Å². The number of aromatic nitrogens is 2. The predicted octanol–water partition coefficient (Wildman–Crippen LogP) is 3.06. The zero-order valence-electron chi connectivity index (χ0n) is 14.3. The summed E-state index contributed by atoms with van der Waals surface area (Å²) >= 11 is 0. The van der Waals surface area contributed by atoms with Crippen LogP contribution in [0, 0.1) is 0 Å². The lowest BCUT2D eigenvalue weighted by molar-refractivity contribution is -0.130.